The SMILES string of the molecule is CC/C=C\C/C=C\C/C=C\C/C=C\C/C=C\C/C=C\C/C=C\C/C=C\C/C=C\C/C=C\CCCCCCCCC(=O)OC(CO)COC(=O)CCCCCCCCC/C=C\CCCCCCCC. The van der Waals surface area contributed by atoms with Gasteiger partial charge in [-0.1, -0.05) is 237 Å². The van der Waals surface area contributed by atoms with Gasteiger partial charge in [0, 0.05) is 12.8 Å². The number of rotatable bonds is 49. The number of aliphatic hydroxyl groups excluding tert-OH is 1. The number of hydrogen-bond acceptors (Lipinski definition) is 5. The maximum atomic E-state index is 12.3. The number of carbonyl (C=O) groups is 2. The van der Waals surface area contributed by atoms with Gasteiger partial charge in [-0.2, -0.15) is 0 Å². The molecule has 0 spiro atoms. The first kappa shape index (κ1) is 64.0. The van der Waals surface area contributed by atoms with Crippen LogP contribution in [0.15, 0.2) is 134 Å². The summed E-state index contributed by atoms with van der Waals surface area (Å²) in [6.07, 6.45) is 85.5. The summed E-state index contributed by atoms with van der Waals surface area (Å²) in [6.45, 7) is 4.00. The topological polar surface area (TPSA) is 72.8 Å². The van der Waals surface area contributed by atoms with Crippen LogP contribution in [0.25, 0.3) is 0 Å². The van der Waals surface area contributed by atoms with Crippen LogP contribution >= 0.6 is 0 Å². The average Bonchev–Trinajstić information content (AvgIpc) is 3.34. The Labute approximate surface area is 419 Å². The molecule has 0 aromatic carbocycles. The molecule has 0 aromatic rings. The third-order valence-corrected chi connectivity index (χ3v) is 11.4. The van der Waals surface area contributed by atoms with Gasteiger partial charge in [-0.15, -0.1) is 0 Å². The first-order chi connectivity index (χ1) is 33.6. The van der Waals surface area contributed by atoms with Crippen LogP contribution in [-0.2, 0) is 19.1 Å². The van der Waals surface area contributed by atoms with Gasteiger partial charge in [-0.25, -0.2) is 0 Å². The van der Waals surface area contributed by atoms with E-state index in [9.17, 15) is 14.7 Å². The van der Waals surface area contributed by atoms with Crippen molar-refractivity contribution in [3.05, 3.63) is 134 Å². The molecule has 0 aliphatic carbocycles. The van der Waals surface area contributed by atoms with Gasteiger partial charge >= 0.3 is 11.9 Å². The fraction of sp³-hybridized carbons (Fsp3) is 0.619. The van der Waals surface area contributed by atoms with Crippen LogP contribution in [0, 0.1) is 0 Å². The highest BCUT2D eigenvalue weighted by molar-refractivity contribution is 5.70. The molecule has 1 atom stereocenters. The number of ether oxygens (including phenoxy) is 2. The molecule has 1 unspecified atom stereocenters. The molecule has 384 valence electrons. The van der Waals surface area contributed by atoms with Gasteiger partial charge in [0.2, 0.25) is 0 Å². The molecule has 0 aliphatic heterocycles. The lowest BCUT2D eigenvalue weighted by atomic mass is 10.1. The third-order valence-electron chi connectivity index (χ3n) is 11.4. The van der Waals surface area contributed by atoms with E-state index in [-0.39, 0.29) is 25.2 Å². The van der Waals surface area contributed by atoms with Crippen molar-refractivity contribution >= 4 is 11.9 Å². The number of hydrogen-bond donors (Lipinski definition) is 1. The minimum atomic E-state index is -0.791. The molecule has 0 amide bonds. The molecular formula is C63H102O5. The van der Waals surface area contributed by atoms with E-state index in [4.69, 9.17) is 9.47 Å². The number of aliphatic hydroxyl groups is 1. The Morgan fingerprint density at radius 2 is 0.632 bits per heavy atom. The molecule has 1 N–H and O–H groups in total. The first-order valence-electron chi connectivity index (χ1n) is 27.7. The average molecular weight is 940 g/mol. The van der Waals surface area contributed by atoms with Gasteiger partial charge in [0.1, 0.15) is 6.61 Å². The van der Waals surface area contributed by atoms with Crippen LogP contribution in [0.2, 0.25) is 0 Å². The van der Waals surface area contributed by atoms with Crippen LogP contribution in [0.5, 0.6) is 0 Å². The standard InChI is InChI=1S/C63H102O5/c1-3-5-7-9-11-13-15-17-19-21-22-23-24-25-26-27-28-29-30-31-32-33-34-35-36-37-38-39-40-42-44-46-48-50-52-54-56-58-63(66)68-61(59-64)60-67-62(65)57-55-53-51-49-47-45-43-41-20-18-16-14-12-10-8-6-4-2/h5,7,11,13,17-20,22-23,25-26,28-29,31-32,34-35,37-38,40,42,61,64H,3-4,6,8-10,12,14-16,21,24,27,30,33,36,39,41,43-60H2,1-2H3/b7-5-,13-11-,19-17-,20-18-,23-22-,26-25-,29-28-,32-31-,35-34-,38-37-,42-40-. The number of allylic oxidation sites excluding steroid dienone is 22. The van der Waals surface area contributed by atoms with Crippen molar-refractivity contribution in [3.8, 4) is 0 Å². The van der Waals surface area contributed by atoms with Gasteiger partial charge in [-0.05, 0) is 116 Å². The van der Waals surface area contributed by atoms with Gasteiger partial charge in [0.15, 0.2) is 6.10 Å². The number of carbonyl (C=O) groups excluding carboxylic acids is 2. The number of unbranched alkanes of at least 4 members (excludes halogenated alkanes) is 19. The van der Waals surface area contributed by atoms with Crippen molar-refractivity contribution in [2.24, 2.45) is 0 Å². The number of esters is 2. The second kappa shape index (κ2) is 57.4. The van der Waals surface area contributed by atoms with E-state index in [2.05, 4.69) is 148 Å². The van der Waals surface area contributed by atoms with E-state index < -0.39 is 6.10 Å². The van der Waals surface area contributed by atoms with Gasteiger partial charge in [-0.3, -0.25) is 9.59 Å². The Kier molecular flexibility index (Phi) is 54.0. The van der Waals surface area contributed by atoms with Crippen molar-refractivity contribution in [1.29, 1.82) is 0 Å². The summed E-state index contributed by atoms with van der Waals surface area (Å²) in [4.78, 5) is 24.5. The van der Waals surface area contributed by atoms with Crippen LogP contribution in [0.4, 0.5) is 0 Å². The minimum absolute atomic E-state index is 0.0811. The van der Waals surface area contributed by atoms with Crippen LogP contribution in [0.3, 0.4) is 0 Å². The van der Waals surface area contributed by atoms with Gasteiger partial charge in [0.05, 0.1) is 6.61 Å². The molecule has 0 aliphatic rings. The third kappa shape index (κ3) is 54.6. The highest BCUT2D eigenvalue weighted by Crippen LogP contribution is 2.13. The van der Waals surface area contributed by atoms with Gasteiger partial charge in [0.25, 0.3) is 0 Å². The minimum Gasteiger partial charge on any atom is -0.462 e. The van der Waals surface area contributed by atoms with E-state index >= 15 is 0 Å². The predicted octanol–water partition coefficient (Wildman–Crippen LogP) is 18.9. The monoisotopic (exact) mass is 939 g/mol. The van der Waals surface area contributed by atoms with Gasteiger partial charge < -0.3 is 14.6 Å². The van der Waals surface area contributed by atoms with Crippen LogP contribution in [-0.4, -0.2) is 36.4 Å². The molecule has 5 nitrogen and oxygen atoms in total. The predicted molar refractivity (Wildman–Crippen MR) is 297 cm³/mol. The van der Waals surface area contributed by atoms with E-state index in [1.807, 2.05) is 0 Å². The molecule has 0 saturated heterocycles. The van der Waals surface area contributed by atoms with Crippen molar-refractivity contribution < 1.29 is 24.2 Å². The summed E-state index contributed by atoms with van der Waals surface area (Å²) in [5.74, 6) is -0.619. The van der Waals surface area contributed by atoms with Crippen molar-refractivity contribution in [2.45, 2.75) is 238 Å². The Morgan fingerprint density at radius 3 is 0.971 bits per heavy atom. The molecule has 0 aromatic heterocycles. The van der Waals surface area contributed by atoms with Crippen molar-refractivity contribution in [3.63, 3.8) is 0 Å². The quantitative estimate of drug-likeness (QED) is 0.0374. The Balaban J connectivity index is 3.64. The summed E-state index contributed by atoms with van der Waals surface area (Å²) in [7, 11) is 0. The van der Waals surface area contributed by atoms with E-state index in [0.29, 0.717) is 12.8 Å². The Hall–Kier alpha value is -3.96. The zero-order valence-electron chi connectivity index (χ0n) is 43.8. The highest BCUT2D eigenvalue weighted by atomic mass is 16.6. The van der Waals surface area contributed by atoms with E-state index in [1.54, 1.807) is 0 Å². The maximum absolute atomic E-state index is 12.3. The molecule has 0 bridgehead atoms. The molecule has 0 rings (SSSR count). The molecule has 68 heavy (non-hydrogen) atoms. The first-order valence-corrected chi connectivity index (χ1v) is 27.7. The van der Waals surface area contributed by atoms with E-state index in [0.717, 1.165) is 109 Å². The molecule has 0 fully saturated rings. The summed E-state index contributed by atoms with van der Waals surface area (Å²) < 4.78 is 10.7. The molecular weight excluding hydrogens is 837 g/mol. The van der Waals surface area contributed by atoms with Crippen molar-refractivity contribution in [2.75, 3.05) is 13.2 Å². The summed E-state index contributed by atoms with van der Waals surface area (Å²) in [6, 6.07) is 0. The lowest BCUT2D eigenvalue weighted by molar-refractivity contribution is -0.161. The van der Waals surface area contributed by atoms with Crippen LogP contribution < -0.4 is 0 Å². The zero-order valence-corrected chi connectivity index (χ0v) is 43.8. The largest absolute Gasteiger partial charge is 0.462 e. The van der Waals surface area contributed by atoms with Crippen LogP contribution in [0.1, 0.15) is 232 Å². The molecule has 0 heterocycles. The molecule has 0 radical (unpaired) electrons. The maximum Gasteiger partial charge on any atom is 0.306 e. The zero-order chi connectivity index (χ0) is 49.2. The second-order valence-corrected chi connectivity index (χ2v) is 17.9. The smallest absolute Gasteiger partial charge is 0.306 e. The summed E-state index contributed by atoms with van der Waals surface area (Å²) in [5.41, 5.74) is 0. The lowest BCUT2D eigenvalue weighted by Crippen LogP contribution is -2.28. The molecule has 5 heteroatoms. The second-order valence-electron chi connectivity index (χ2n) is 17.9. The van der Waals surface area contributed by atoms with E-state index in [1.165, 1.54) is 96.3 Å². The fourth-order valence-electron chi connectivity index (χ4n) is 7.28. The fourth-order valence-corrected chi connectivity index (χ4v) is 7.28. The normalized spacial score (nSPS) is 13.3. The lowest BCUT2D eigenvalue weighted by Gasteiger charge is -2.15. The summed E-state index contributed by atoms with van der Waals surface area (Å²) in [5, 5.41) is 9.63. The molecule has 0 saturated carbocycles. The highest BCUT2D eigenvalue weighted by Gasteiger charge is 2.16. The Bertz CT molecular complexity index is 1430. The summed E-state index contributed by atoms with van der Waals surface area (Å²) >= 11 is 0. The Morgan fingerprint density at radius 1 is 0.353 bits per heavy atom. The van der Waals surface area contributed by atoms with Crippen molar-refractivity contribution in [1.82, 2.24) is 0 Å².